The lowest BCUT2D eigenvalue weighted by Crippen LogP contribution is -2.58. The minimum Gasteiger partial charge on any atom is -0.469 e. The van der Waals surface area contributed by atoms with Gasteiger partial charge in [-0.3, -0.25) is 4.79 Å². The summed E-state index contributed by atoms with van der Waals surface area (Å²) < 4.78 is 17.4. The monoisotopic (exact) mass is 333 g/mol. The van der Waals surface area contributed by atoms with Crippen LogP contribution in [0, 0.1) is 18.3 Å². The van der Waals surface area contributed by atoms with Crippen molar-refractivity contribution in [2.45, 2.75) is 45.1 Å². The normalized spacial score (nSPS) is 30.2. The number of amides is 1. The van der Waals surface area contributed by atoms with E-state index in [2.05, 4.69) is 0 Å². The lowest BCUT2D eigenvalue weighted by molar-refractivity contribution is -0.147. The highest BCUT2D eigenvalue weighted by Gasteiger charge is 2.47. The SMILES string of the molecule is Cc1occc1C(=O)N1CC[C@@H]2OCCC[C@@]2(COCC2CC2)C1. The number of piperidine rings is 1. The number of hydrogen-bond donors (Lipinski definition) is 0. The summed E-state index contributed by atoms with van der Waals surface area (Å²) in [6, 6.07) is 1.78. The number of hydrogen-bond acceptors (Lipinski definition) is 4. The molecule has 0 bridgehead atoms. The molecule has 0 radical (unpaired) electrons. The predicted molar refractivity (Wildman–Crippen MR) is 88.9 cm³/mol. The molecule has 0 N–H and O–H groups in total. The van der Waals surface area contributed by atoms with E-state index in [-0.39, 0.29) is 17.4 Å². The Kier molecular flexibility index (Phi) is 4.39. The molecule has 1 aromatic rings. The van der Waals surface area contributed by atoms with Gasteiger partial charge in [0, 0.05) is 31.7 Å². The van der Waals surface area contributed by atoms with Gasteiger partial charge in [0.2, 0.25) is 0 Å². The van der Waals surface area contributed by atoms with Gasteiger partial charge in [0.1, 0.15) is 5.76 Å². The zero-order valence-corrected chi connectivity index (χ0v) is 14.5. The van der Waals surface area contributed by atoms with E-state index in [0.717, 1.165) is 51.5 Å². The number of aryl methyl sites for hydroxylation is 1. The second-order valence-corrected chi connectivity index (χ2v) is 7.69. The van der Waals surface area contributed by atoms with Gasteiger partial charge in [-0.15, -0.1) is 0 Å². The lowest BCUT2D eigenvalue weighted by atomic mass is 9.73. The zero-order chi connectivity index (χ0) is 16.6. The largest absolute Gasteiger partial charge is 0.469 e. The van der Waals surface area contributed by atoms with Crippen molar-refractivity contribution in [3.8, 4) is 0 Å². The summed E-state index contributed by atoms with van der Waals surface area (Å²) >= 11 is 0. The van der Waals surface area contributed by atoms with Crippen molar-refractivity contribution in [1.29, 1.82) is 0 Å². The summed E-state index contributed by atoms with van der Waals surface area (Å²) in [5, 5.41) is 0. The van der Waals surface area contributed by atoms with Crippen LogP contribution in [0.4, 0.5) is 0 Å². The maximum absolute atomic E-state index is 12.9. The third-order valence-corrected chi connectivity index (χ3v) is 5.80. The second kappa shape index (κ2) is 6.52. The van der Waals surface area contributed by atoms with Gasteiger partial charge < -0.3 is 18.8 Å². The Morgan fingerprint density at radius 2 is 2.29 bits per heavy atom. The summed E-state index contributed by atoms with van der Waals surface area (Å²) in [5.41, 5.74) is 0.637. The first kappa shape index (κ1) is 16.2. The van der Waals surface area contributed by atoms with Crippen molar-refractivity contribution in [3.05, 3.63) is 23.7 Å². The van der Waals surface area contributed by atoms with Gasteiger partial charge in [-0.25, -0.2) is 0 Å². The molecular formula is C19H27NO4. The van der Waals surface area contributed by atoms with E-state index in [9.17, 15) is 4.79 Å². The molecule has 1 aromatic heterocycles. The van der Waals surface area contributed by atoms with Crippen LogP contribution in [0.15, 0.2) is 16.7 Å². The number of carbonyl (C=O) groups is 1. The number of likely N-dealkylation sites (tertiary alicyclic amines) is 1. The fourth-order valence-corrected chi connectivity index (χ4v) is 4.16. The van der Waals surface area contributed by atoms with Crippen molar-refractivity contribution in [2.24, 2.45) is 11.3 Å². The van der Waals surface area contributed by atoms with Gasteiger partial charge in [0.05, 0.1) is 24.5 Å². The molecule has 1 saturated carbocycles. The Morgan fingerprint density at radius 3 is 3.04 bits per heavy atom. The molecule has 3 heterocycles. The standard InChI is InChI=1S/C19H27NO4/c1-14-16(6-10-23-14)18(21)20-8-5-17-19(12-20,7-2-9-24-17)13-22-11-15-3-4-15/h6,10,15,17H,2-5,7-9,11-13H2,1H3/t17-,19-/m0/s1. The Hall–Kier alpha value is -1.33. The van der Waals surface area contributed by atoms with E-state index in [1.807, 2.05) is 11.8 Å². The Morgan fingerprint density at radius 1 is 1.42 bits per heavy atom. The summed E-state index contributed by atoms with van der Waals surface area (Å²) in [4.78, 5) is 14.9. The van der Waals surface area contributed by atoms with Gasteiger partial charge in [0.25, 0.3) is 5.91 Å². The van der Waals surface area contributed by atoms with Crippen molar-refractivity contribution in [2.75, 3.05) is 32.9 Å². The number of fused-ring (bicyclic) bond motifs is 1. The minimum absolute atomic E-state index is 0.0430. The quantitative estimate of drug-likeness (QED) is 0.831. The van der Waals surface area contributed by atoms with Gasteiger partial charge in [0.15, 0.2) is 0 Å². The van der Waals surface area contributed by atoms with Crippen molar-refractivity contribution in [3.63, 3.8) is 0 Å². The zero-order valence-electron chi connectivity index (χ0n) is 14.5. The number of ether oxygens (including phenoxy) is 2. The molecule has 24 heavy (non-hydrogen) atoms. The van der Waals surface area contributed by atoms with Gasteiger partial charge in [-0.1, -0.05) is 0 Å². The maximum atomic E-state index is 12.9. The van der Waals surface area contributed by atoms with Crippen LogP contribution in [-0.2, 0) is 9.47 Å². The summed E-state index contributed by atoms with van der Waals surface area (Å²) in [7, 11) is 0. The molecule has 132 valence electrons. The van der Waals surface area contributed by atoms with E-state index < -0.39 is 0 Å². The third kappa shape index (κ3) is 3.11. The molecule has 3 aliphatic rings. The lowest BCUT2D eigenvalue weighted by Gasteiger charge is -2.50. The van der Waals surface area contributed by atoms with Crippen LogP contribution in [0.3, 0.4) is 0 Å². The number of furan rings is 1. The van der Waals surface area contributed by atoms with Gasteiger partial charge in [-0.2, -0.15) is 0 Å². The Labute approximate surface area is 143 Å². The molecule has 0 spiro atoms. The third-order valence-electron chi connectivity index (χ3n) is 5.80. The maximum Gasteiger partial charge on any atom is 0.257 e. The fraction of sp³-hybridized carbons (Fsp3) is 0.737. The molecule has 1 amide bonds. The highest BCUT2D eigenvalue weighted by Crippen LogP contribution is 2.41. The van der Waals surface area contributed by atoms with Gasteiger partial charge in [-0.05, 0) is 51.0 Å². The topological polar surface area (TPSA) is 51.9 Å². The van der Waals surface area contributed by atoms with Crippen LogP contribution in [0.25, 0.3) is 0 Å². The van der Waals surface area contributed by atoms with Crippen molar-refractivity contribution < 1.29 is 18.7 Å². The predicted octanol–water partition coefficient (Wildman–Crippen LogP) is 3.03. The van der Waals surface area contributed by atoms with Crippen molar-refractivity contribution in [1.82, 2.24) is 4.90 Å². The molecule has 0 unspecified atom stereocenters. The molecule has 2 saturated heterocycles. The smallest absolute Gasteiger partial charge is 0.257 e. The van der Waals surface area contributed by atoms with E-state index in [0.29, 0.717) is 17.9 Å². The van der Waals surface area contributed by atoms with Crippen LogP contribution >= 0.6 is 0 Å². The van der Waals surface area contributed by atoms with E-state index in [1.54, 1.807) is 12.3 Å². The average molecular weight is 333 g/mol. The molecule has 1 aliphatic carbocycles. The first-order chi connectivity index (χ1) is 11.7. The van der Waals surface area contributed by atoms with E-state index in [1.165, 1.54) is 12.8 Å². The minimum atomic E-state index is -0.0430. The summed E-state index contributed by atoms with van der Waals surface area (Å²) in [6.07, 6.45) is 7.45. The van der Waals surface area contributed by atoms with Crippen molar-refractivity contribution >= 4 is 5.91 Å². The number of carbonyl (C=O) groups excluding carboxylic acids is 1. The van der Waals surface area contributed by atoms with Crippen LogP contribution < -0.4 is 0 Å². The van der Waals surface area contributed by atoms with Crippen LogP contribution in [-0.4, -0.2) is 49.8 Å². The molecule has 0 aromatic carbocycles. The van der Waals surface area contributed by atoms with Crippen LogP contribution in [0.5, 0.6) is 0 Å². The molecule has 2 atom stereocenters. The molecule has 2 aliphatic heterocycles. The second-order valence-electron chi connectivity index (χ2n) is 7.69. The molecule has 3 fully saturated rings. The molecule has 4 rings (SSSR count). The first-order valence-corrected chi connectivity index (χ1v) is 9.21. The molecule has 5 heteroatoms. The number of rotatable bonds is 5. The average Bonchev–Trinajstić information content (AvgIpc) is 3.32. The van der Waals surface area contributed by atoms with Crippen LogP contribution in [0.2, 0.25) is 0 Å². The summed E-state index contributed by atoms with van der Waals surface area (Å²) in [6.45, 7) is 5.73. The number of nitrogens with zero attached hydrogens (tertiary/aromatic N) is 1. The van der Waals surface area contributed by atoms with Gasteiger partial charge >= 0.3 is 0 Å². The molecule has 5 nitrogen and oxygen atoms in total. The highest BCUT2D eigenvalue weighted by atomic mass is 16.5. The van der Waals surface area contributed by atoms with Crippen LogP contribution in [0.1, 0.15) is 48.2 Å². The molecular weight excluding hydrogens is 306 g/mol. The Bertz CT molecular complexity index is 594. The fourth-order valence-electron chi connectivity index (χ4n) is 4.16. The Balaban J connectivity index is 1.47. The highest BCUT2D eigenvalue weighted by molar-refractivity contribution is 5.95. The summed E-state index contributed by atoms with van der Waals surface area (Å²) in [5.74, 6) is 1.53. The van der Waals surface area contributed by atoms with E-state index >= 15 is 0 Å². The van der Waals surface area contributed by atoms with E-state index in [4.69, 9.17) is 13.9 Å². The first-order valence-electron chi connectivity index (χ1n) is 9.21.